The SMILES string of the molecule is COc1cccc(C(=O)C2(C#N)CCOCC2)c1. The van der Waals surface area contributed by atoms with Gasteiger partial charge in [-0.3, -0.25) is 4.79 Å². The highest BCUT2D eigenvalue weighted by atomic mass is 16.5. The lowest BCUT2D eigenvalue weighted by atomic mass is 9.75. The number of nitriles is 1. The van der Waals surface area contributed by atoms with E-state index in [1.165, 1.54) is 0 Å². The molecule has 0 bridgehead atoms. The van der Waals surface area contributed by atoms with Gasteiger partial charge in [-0.15, -0.1) is 0 Å². The molecule has 1 aromatic rings. The molecule has 0 saturated carbocycles. The number of benzene rings is 1. The summed E-state index contributed by atoms with van der Waals surface area (Å²) in [5, 5.41) is 9.34. The summed E-state index contributed by atoms with van der Waals surface area (Å²) < 4.78 is 10.3. The second-order valence-electron chi connectivity index (χ2n) is 4.37. The molecule has 0 aliphatic carbocycles. The van der Waals surface area contributed by atoms with Crippen LogP contribution in [-0.4, -0.2) is 26.1 Å². The summed E-state index contributed by atoms with van der Waals surface area (Å²) in [5.41, 5.74) is -0.414. The van der Waals surface area contributed by atoms with Crippen LogP contribution in [0.15, 0.2) is 24.3 Å². The van der Waals surface area contributed by atoms with E-state index in [1.54, 1.807) is 31.4 Å². The van der Waals surface area contributed by atoms with Gasteiger partial charge >= 0.3 is 0 Å². The molecule has 1 fully saturated rings. The Morgan fingerprint density at radius 3 is 2.78 bits per heavy atom. The van der Waals surface area contributed by atoms with Crippen LogP contribution in [0.3, 0.4) is 0 Å². The molecule has 0 aromatic heterocycles. The smallest absolute Gasteiger partial charge is 0.183 e. The molecule has 1 aliphatic rings. The van der Waals surface area contributed by atoms with Crippen molar-refractivity contribution in [2.45, 2.75) is 12.8 Å². The van der Waals surface area contributed by atoms with Crippen molar-refractivity contribution in [1.29, 1.82) is 5.26 Å². The number of carbonyl (C=O) groups is 1. The predicted molar refractivity (Wildman–Crippen MR) is 65.4 cm³/mol. The molecule has 4 nitrogen and oxygen atoms in total. The van der Waals surface area contributed by atoms with Gasteiger partial charge in [0.05, 0.1) is 13.2 Å². The number of hydrogen-bond donors (Lipinski definition) is 0. The number of carbonyl (C=O) groups excluding carboxylic acids is 1. The van der Waals surface area contributed by atoms with Crippen LogP contribution in [-0.2, 0) is 4.74 Å². The highest BCUT2D eigenvalue weighted by molar-refractivity contribution is 6.02. The van der Waals surface area contributed by atoms with Gasteiger partial charge in [0.25, 0.3) is 0 Å². The van der Waals surface area contributed by atoms with E-state index < -0.39 is 5.41 Å². The molecule has 0 unspecified atom stereocenters. The van der Waals surface area contributed by atoms with E-state index in [0.717, 1.165) is 0 Å². The molecular weight excluding hydrogens is 230 g/mol. The van der Waals surface area contributed by atoms with E-state index in [1.807, 2.05) is 0 Å². The monoisotopic (exact) mass is 245 g/mol. The Morgan fingerprint density at radius 2 is 2.17 bits per heavy atom. The fraction of sp³-hybridized carbons (Fsp3) is 0.429. The van der Waals surface area contributed by atoms with Crippen molar-refractivity contribution in [3.63, 3.8) is 0 Å². The first-order valence-corrected chi connectivity index (χ1v) is 5.90. The lowest BCUT2D eigenvalue weighted by Gasteiger charge is -2.29. The Bertz CT molecular complexity index is 484. The van der Waals surface area contributed by atoms with Gasteiger partial charge in [0.2, 0.25) is 0 Å². The van der Waals surface area contributed by atoms with Crippen molar-refractivity contribution < 1.29 is 14.3 Å². The lowest BCUT2D eigenvalue weighted by Crippen LogP contribution is -2.36. The number of ether oxygens (including phenoxy) is 2. The molecule has 1 heterocycles. The average Bonchev–Trinajstić information content (AvgIpc) is 2.47. The third-order valence-electron chi connectivity index (χ3n) is 3.33. The minimum Gasteiger partial charge on any atom is -0.497 e. The molecule has 0 spiro atoms. The first-order chi connectivity index (χ1) is 8.72. The first-order valence-electron chi connectivity index (χ1n) is 5.90. The van der Waals surface area contributed by atoms with Crippen molar-refractivity contribution in [2.75, 3.05) is 20.3 Å². The summed E-state index contributed by atoms with van der Waals surface area (Å²) in [5.74, 6) is 0.494. The molecular formula is C14H15NO3. The van der Waals surface area contributed by atoms with Crippen LogP contribution in [0.25, 0.3) is 0 Å². The summed E-state index contributed by atoms with van der Waals surface area (Å²) in [4.78, 5) is 12.5. The predicted octanol–water partition coefficient (Wildman–Crippen LogP) is 2.20. The fourth-order valence-corrected chi connectivity index (χ4v) is 2.15. The molecule has 94 valence electrons. The third-order valence-corrected chi connectivity index (χ3v) is 3.33. The maximum absolute atomic E-state index is 12.5. The van der Waals surface area contributed by atoms with Gasteiger partial charge in [-0.25, -0.2) is 0 Å². The van der Waals surface area contributed by atoms with Crippen LogP contribution in [0.2, 0.25) is 0 Å². The molecule has 0 N–H and O–H groups in total. The molecule has 0 amide bonds. The highest BCUT2D eigenvalue weighted by Crippen LogP contribution is 2.34. The molecule has 2 rings (SSSR count). The molecule has 18 heavy (non-hydrogen) atoms. The van der Waals surface area contributed by atoms with Crippen LogP contribution in [0.1, 0.15) is 23.2 Å². The number of ketones is 1. The van der Waals surface area contributed by atoms with Crippen molar-refractivity contribution in [1.82, 2.24) is 0 Å². The van der Waals surface area contributed by atoms with E-state index >= 15 is 0 Å². The topological polar surface area (TPSA) is 59.3 Å². The summed E-state index contributed by atoms with van der Waals surface area (Å²) in [6, 6.07) is 9.12. The van der Waals surface area contributed by atoms with Crippen molar-refractivity contribution in [3.8, 4) is 11.8 Å². The molecule has 4 heteroatoms. The fourth-order valence-electron chi connectivity index (χ4n) is 2.15. The van der Waals surface area contributed by atoms with Crippen LogP contribution in [0.4, 0.5) is 0 Å². The van der Waals surface area contributed by atoms with Gasteiger partial charge in [0.15, 0.2) is 5.78 Å². The maximum atomic E-state index is 12.5. The van der Waals surface area contributed by atoms with Gasteiger partial charge < -0.3 is 9.47 Å². The lowest BCUT2D eigenvalue weighted by molar-refractivity contribution is 0.0355. The second kappa shape index (κ2) is 5.19. The zero-order valence-electron chi connectivity index (χ0n) is 10.3. The number of Topliss-reactive ketones (excluding diaryl/α,β-unsaturated/α-hetero) is 1. The first kappa shape index (κ1) is 12.6. The van der Waals surface area contributed by atoms with E-state index in [0.29, 0.717) is 37.4 Å². The molecule has 0 radical (unpaired) electrons. The summed E-state index contributed by atoms with van der Waals surface area (Å²) in [6.07, 6.45) is 0.916. The Kier molecular flexibility index (Phi) is 3.63. The van der Waals surface area contributed by atoms with Crippen LogP contribution in [0, 0.1) is 16.7 Å². The minimum atomic E-state index is -0.940. The standard InChI is InChI=1S/C14H15NO3/c1-17-12-4-2-3-11(9-12)13(16)14(10-15)5-7-18-8-6-14/h2-4,9H,5-8H2,1H3. The minimum absolute atomic E-state index is 0.132. The molecule has 1 aromatic carbocycles. The Balaban J connectivity index is 2.31. The zero-order valence-corrected chi connectivity index (χ0v) is 10.3. The van der Waals surface area contributed by atoms with E-state index in [2.05, 4.69) is 6.07 Å². The third kappa shape index (κ3) is 2.22. The van der Waals surface area contributed by atoms with E-state index in [9.17, 15) is 10.1 Å². The van der Waals surface area contributed by atoms with Crippen molar-refractivity contribution in [3.05, 3.63) is 29.8 Å². The van der Waals surface area contributed by atoms with Crippen molar-refractivity contribution in [2.24, 2.45) is 5.41 Å². The number of hydrogen-bond acceptors (Lipinski definition) is 4. The molecule has 0 atom stereocenters. The van der Waals surface area contributed by atoms with Crippen LogP contribution >= 0.6 is 0 Å². The van der Waals surface area contributed by atoms with Crippen molar-refractivity contribution >= 4 is 5.78 Å². The number of nitrogens with zero attached hydrogens (tertiary/aromatic N) is 1. The Hall–Kier alpha value is -1.86. The van der Waals surface area contributed by atoms with E-state index in [-0.39, 0.29) is 5.78 Å². The van der Waals surface area contributed by atoms with Gasteiger partial charge in [-0.2, -0.15) is 5.26 Å². The number of rotatable bonds is 3. The molecule has 1 saturated heterocycles. The number of methoxy groups -OCH3 is 1. The quantitative estimate of drug-likeness (QED) is 0.766. The Labute approximate surface area is 106 Å². The molecule has 1 aliphatic heterocycles. The van der Waals surface area contributed by atoms with Crippen LogP contribution < -0.4 is 4.74 Å². The van der Waals surface area contributed by atoms with Gasteiger partial charge in [0, 0.05) is 18.8 Å². The normalized spacial score (nSPS) is 17.8. The highest BCUT2D eigenvalue weighted by Gasteiger charge is 2.40. The maximum Gasteiger partial charge on any atom is 0.183 e. The summed E-state index contributed by atoms with van der Waals surface area (Å²) in [7, 11) is 1.55. The summed E-state index contributed by atoms with van der Waals surface area (Å²) >= 11 is 0. The summed E-state index contributed by atoms with van der Waals surface area (Å²) in [6.45, 7) is 0.923. The van der Waals surface area contributed by atoms with Crippen LogP contribution in [0.5, 0.6) is 5.75 Å². The largest absolute Gasteiger partial charge is 0.497 e. The van der Waals surface area contributed by atoms with Gasteiger partial charge in [-0.05, 0) is 25.0 Å². The van der Waals surface area contributed by atoms with Gasteiger partial charge in [-0.1, -0.05) is 12.1 Å². The Morgan fingerprint density at radius 1 is 1.44 bits per heavy atom. The zero-order chi connectivity index (χ0) is 13.0. The second-order valence-corrected chi connectivity index (χ2v) is 4.37. The average molecular weight is 245 g/mol. The van der Waals surface area contributed by atoms with E-state index in [4.69, 9.17) is 9.47 Å². The van der Waals surface area contributed by atoms with Gasteiger partial charge in [0.1, 0.15) is 11.2 Å².